The number of pyridine rings is 1. The van der Waals surface area contributed by atoms with E-state index in [9.17, 15) is 0 Å². The topological polar surface area (TPSA) is 75.2 Å². The highest BCUT2D eigenvalue weighted by Crippen LogP contribution is 2.27. The average Bonchev–Trinajstić information content (AvgIpc) is 2.47. The maximum atomic E-state index is 8.91. The van der Waals surface area contributed by atoms with Gasteiger partial charge in [-0.25, -0.2) is 0 Å². The molecule has 1 aromatic carbocycles. The molecule has 0 bridgehead atoms. The second-order valence-electron chi connectivity index (χ2n) is 3.99. The van der Waals surface area contributed by atoms with Crippen molar-refractivity contribution in [3.05, 3.63) is 42.0 Å². The van der Waals surface area contributed by atoms with E-state index in [1.54, 1.807) is 24.3 Å². The van der Waals surface area contributed by atoms with E-state index in [0.29, 0.717) is 22.9 Å². The third-order valence-corrected chi connectivity index (χ3v) is 2.77. The molecular formula is C14H14N4O. The first kappa shape index (κ1) is 12.7. The van der Waals surface area contributed by atoms with Crippen LogP contribution in [0.4, 0.5) is 17.2 Å². The maximum Gasteiger partial charge on any atom is 0.238 e. The Balaban J connectivity index is 2.38. The van der Waals surface area contributed by atoms with Crippen LogP contribution in [0.3, 0.4) is 0 Å². The molecule has 0 saturated carbocycles. The molecule has 0 aliphatic carbocycles. The molecule has 96 valence electrons. The Morgan fingerprint density at radius 3 is 2.79 bits per heavy atom. The maximum absolute atomic E-state index is 8.91. The summed E-state index contributed by atoms with van der Waals surface area (Å²) in [7, 11) is 3.40. The number of aromatic nitrogens is 1. The predicted molar refractivity (Wildman–Crippen MR) is 74.4 cm³/mol. The second kappa shape index (κ2) is 5.27. The lowest BCUT2D eigenvalue weighted by atomic mass is 10.2. The van der Waals surface area contributed by atoms with Gasteiger partial charge in [0.1, 0.15) is 5.82 Å². The second-order valence-corrected chi connectivity index (χ2v) is 3.99. The Hall–Kier alpha value is -2.74. The number of hydrogen-bond donors (Lipinski definition) is 1. The number of rotatable bonds is 3. The molecule has 0 fully saturated rings. The van der Waals surface area contributed by atoms with Crippen LogP contribution in [-0.2, 0) is 0 Å². The molecule has 19 heavy (non-hydrogen) atoms. The number of nitriles is 1. The number of hydrogen-bond acceptors (Lipinski definition) is 5. The van der Waals surface area contributed by atoms with Gasteiger partial charge in [-0.3, -0.25) is 0 Å². The molecule has 1 heterocycles. The quantitative estimate of drug-likeness (QED) is 0.909. The van der Waals surface area contributed by atoms with Crippen LogP contribution in [0.5, 0.6) is 5.88 Å². The molecule has 5 nitrogen and oxygen atoms in total. The van der Waals surface area contributed by atoms with Crippen molar-refractivity contribution in [3.63, 3.8) is 0 Å². The van der Waals surface area contributed by atoms with Gasteiger partial charge in [-0.15, -0.1) is 0 Å². The summed E-state index contributed by atoms with van der Waals surface area (Å²) in [6, 6.07) is 13.0. The Labute approximate surface area is 111 Å². The summed E-state index contributed by atoms with van der Waals surface area (Å²) >= 11 is 0. The number of benzene rings is 1. The average molecular weight is 254 g/mol. The number of nitrogens with two attached hydrogens (primary N) is 1. The third-order valence-electron chi connectivity index (χ3n) is 2.77. The molecule has 5 heteroatoms. The van der Waals surface area contributed by atoms with E-state index in [2.05, 4.69) is 11.1 Å². The lowest BCUT2D eigenvalue weighted by Crippen LogP contribution is -2.12. The van der Waals surface area contributed by atoms with Crippen molar-refractivity contribution in [1.82, 2.24) is 4.98 Å². The van der Waals surface area contributed by atoms with Crippen molar-refractivity contribution in [2.45, 2.75) is 0 Å². The molecule has 0 atom stereocenters. The van der Waals surface area contributed by atoms with Crippen molar-refractivity contribution in [2.75, 3.05) is 24.8 Å². The molecular weight excluding hydrogens is 240 g/mol. The number of nitrogens with zero attached hydrogens (tertiary/aromatic N) is 3. The molecule has 2 rings (SSSR count). The minimum absolute atomic E-state index is 0.390. The third kappa shape index (κ3) is 2.58. The Kier molecular flexibility index (Phi) is 3.53. The summed E-state index contributed by atoms with van der Waals surface area (Å²) in [5, 5.41) is 8.91. The Morgan fingerprint density at radius 2 is 2.11 bits per heavy atom. The summed E-state index contributed by atoms with van der Waals surface area (Å²) in [5.74, 6) is 1.09. The van der Waals surface area contributed by atoms with Crippen molar-refractivity contribution in [2.24, 2.45) is 0 Å². The Morgan fingerprint density at radius 1 is 1.32 bits per heavy atom. The van der Waals surface area contributed by atoms with Gasteiger partial charge in [0.05, 0.1) is 24.4 Å². The van der Waals surface area contributed by atoms with Gasteiger partial charge in [-0.1, -0.05) is 6.07 Å². The van der Waals surface area contributed by atoms with Gasteiger partial charge in [-0.2, -0.15) is 10.2 Å². The first-order valence-electron chi connectivity index (χ1n) is 5.70. The van der Waals surface area contributed by atoms with Gasteiger partial charge < -0.3 is 15.4 Å². The van der Waals surface area contributed by atoms with E-state index >= 15 is 0 Å². The number of nitrogen functional groups attached to an aromatic ring is 1. The van der Waals surface area contributed by atoms with Gasteiger partial charge in [0.2, 0.25) is 5.88 Å². The highest BCUT2D eigenvalue weighted by Gasteiger charge is 2.09. The molecule has 0 radical (unpaired) electrons. The summed E-state index contributed by atoms with van der Waals surface area (Å²) in [5.41, 5.74) is 7.70. The monoisotopic (exact) mass is 254 g/mol. The van der Waals surface area contributed by atoms with Crippen LogP contribution in [0.25, 0.3) is 0 Å². The molecule has 1 aromatic heterocycles. The minimum atomic E-state index is 0.390. The molecule has 2 N–H and O–H groups in total. The lowest BCUT2D eigenvalue weighted by molar-refractivity contribution is 0.400. The SMILES string of the molecule is COc1nc(N(C)c2cccc(C#N)c2)ccc1N. The van der Waals surface area contributed by atoms with Gasteiger partial charge in [0.15, 0.2) is 0 Å². The molecule has 0 unspecified atom stereocenters. The molecule has 0 amide bonds. The fraction of sp³-hybridized carbons (Fsp3) is 0.143. The van der Waals surface area contributed by atoms with Crippen molar-refractivity contribution >= 4 is 17.2 Å². The fourth-order valence-corrected chi connectivity index (χ4v) is 1.71. The van der Waals surface area contributed by atoms with E-state index in [0.717, 1.165) is 5.69 Å². The van der Waals surface area contributed by atoms with Crippen LogP contribution in [0.2, 0.25) is 0 Å². The van der Waals surface area contributed by atoms with Crippen LogP contribution in [-0.4, -0.2) is 19.1 Å². The zero-order valence-corrected chi connectivity index (χ0v) is 10.8. The van der Waals surface area contributed by atoms with Gasteiger partial charge in [0.25, 0.3) is 0 Å². The zero-order valence-electron chi connectivity index (χ0n) is 10.8. The number of anilines is 3. The first-order valence-corrected chi connectivity index (χ1v) is 5.70. The van der Waals surface area contributed by atoms with Gasteiger partial charge in [0, 0.05) is 12.7 Å². The van der Waals surface area contributed by atoms with E-state index in [1.165, 1.54) is 7.11 Å². The highest BCUT2D eigenvalue weighted by molar-refractivity contribution is 5.64. The van der Waals surface area contributed by atoms with Crippen LogP contribution >= 0.6 is 0 Å². The normalized spacial score (nSPS) is 9.74. The van der Waals surface area contributed by atoms with Crippen molar-refractivity contribution in [3.8, 4) is 11.9 Å². The summed E-state index contributed by atoms with van der Waals surface area (Å²) in [6.07, 6.45) is 0. The predicted octanol–water partition coefficient (Wildman–Crippen LogP) is 2.31. The fourth-order valence-electron chi connectivity index (χ4n) is 1.71. The van der Waals surface area contributed by atoms with E-state index in [4.69, 9.17) is 15.7 Å². The largest absolute Gasteiger partial charge is 0.479 e. The van der Waals surface area contributed by atoms with Crippen LogP contribution < -0.4 is 15.4 Å². The standard InChI is InChI=1S/C14H14N4O/c1-18(11-5-3-4-10(8-11)9-15)13-7-6-12(16)14(17-13)19-2/h3-8H,16H2,1-2H3. The Bertz CT molecular complexity index is 634. The molecule has 0 saturated heterocycles. The summed E-state index contributed by atoms with van der Waals surface area (Å²) in [6.45, 7) is 0. The molecule has 0 aliphatic heterocycles. The van der Waals surface area contributed by atoms with Crippen LogP contribution in [0.15, 0.2) is 36.4 Å². The first-order chi connectivity index (χ1) is 9.15. The van der Waals surface area contributed by atoms with E-state index in [1.807, 2.05) is 24.1 Å². The summed E-state index contributed by atoms with van der Waals surface area (Å²) in [4.78, 5) is 6.18. The number of ether oxygens (including phenoxy) is 1. The van der Waals surface area contributed by atoms with E-state index in [-0.39, 0.29) is 0 Å². The summed E-state index contributed by atoms with van der Waals surface area (Å²) < 4.78 is 5.10. The highest BCUT2D eigenvalue weighted by atomic mass is 16.5. The smallest absolute Gasteiger partial charge is 0.238 e. The van der Waals surface area contributed by atoms with E-state index < -0.39 is 0 Å². The van der Waals surface area contributed by atoms with Crippen molar-refractivity contribution in [1.29, 1.82) is 5.26 Å². The van der Waals surface area contributed by atoms with Gasteiger partial charge >= 0.3 is 0 Å². The minimum Gasteiger partial charge on any atom is -0.479 e. The lowest BCUT2D eigenvalue weighted by Gasteiger charge is -2.19. The zero-order chi connectivity index (χ0) is 13.8. The molecule has 2 aromatic rings. The molecule has 0 aliphatic rings. The molecule has 0 spiro atoms. The van der Waals surface area contributed by atoms with Crippen LogP contribution in [0.1, 0.15) is 5.56 Å². The van der Waals surface area contributed by atoms with Gasteiger partial charge in [-0.05, 0) is 30.3 Å². The van der Waals surface area contributed by atoms with Crippen molar-refractivity contribution < 1.29 is 4.74 Å². The number of methoxy groups -OCH3 is 1. The van der Waals surface area contributed by atoms with Crippen LogP contribution in [0, 0.1) is 11.3 Å².